The zero-order chi connectivity index (χ0) is 15.7. The number of fused-ring (bicyclic) bond motifs is 2. The molecule has 0 amide bonds. The Kier molecular flexibility index (Phi) is 2.12. The number of H-pyrrole nitrogens is 1. The van der Waals surface area contributed by atoms with Gasteiger partial charge in [-0.15, -0.1) is 0 Å². The monoisotopic (exact) mass is 306 g/mol. The minimum absolute atomic E-state index is 1.20. The van der Waals surface area contributed by atoms with Gasteiger partial charge in [0, 0.05) is 44.5 Å². The molecule has 0 aliphatic carbocycles. The van der Waals surface area contributed by atoms with Crippen molar-refractivity contribution in [3.63, 3.8) is 0 Å². The molecule has 2 heterocycles. The van der Waals surface area contributed by atoms with Crippen LogP contribution in [0.3, 0.4) is 0 Å². The van der Waals surface area contributed by atoms with E-state index in [1.807, 2.05) is 0 Å². The summed E-state index contributed by atoms with van der Waals surface area (Å²) in [6, 6.07) is 26.0. The van der Waals surface area contributed by atoms with E-state index in [2.05, 4.69) is 88.5 Å². The van der Waals surface area contributed by atoms with E-state index < -0.39 is 0 Å². The first kappa shape index (κ1) is 12.2. The molecule has 0 unspecified atom stereocenters. The molecule has 0 atom stereocenters. The predicted octanol–water partition coefficient (Wildman–Crippen LogP) is 5.86. The van der Waals surface area contributed by atoms with Crippen LogP contribution in [0.5, 0.6) is 0 Å². The summed E-state index contributed by atoms with van der Waals surface area (Å²) in [7, 11) is 0. The van der Waals surface area contributed by atoms with Crippen molar-refractivity contribution in [3.05, 3.63) is 79.0 Å². The zero-order valence-corrected chi connectivity index (χ0v) is 13.0. The molecular weight excluding hydrogens is 292 g/mol. The van der Waals surface area contributed by atoms with Crippen molar-refractivity contribution >= 4 is 43.5 Å². The average molecular weight is 306 g/mol. The summed E-state index contributed by atoms with van der Waals surface area (Å²) in [6.45, 7) is 0. The van der Waals surface area contributed by atoms with E-state index in [4.69, 9.17) is 0 Å². The highest BCUT2D eigenvalue weighted by Gasteiger charge is 2.15. The van der Waals surface area contributed by atoms with Crippen molar-refractivity contribution in [1.29, 1.82) is 0 Å². The van der Waals surface area contributed by atoms with Gasteiger partial charge in [0.15, 0.2) is 0 Å². The highest BCUT2D eigenvalue weighted by atomic mass is 15.0. The second-order valence-corrected chi connectivity index (χ2v) is 6.40. The fraction of sp³-hybridized carbons (Fsp3) is 0. The third-order valence-electron chi connectivity index (χ3n) is 5.09. The summed E-state index contributed by atoms with van der Waals surface area (Å²) in [4.78, 5) is 3.59. The molecule has 0 saturated carbocycles. The van der Waals surface area contributed by atoms with E-state index in [0.717, 1.165) is 0 Å². The van der Waals surface area contributed by atoms with Crippen LogP contribution < -0.4 is 0 Å². The van der Waals surface area contributed by atoms with E-state index in [9.17, 15) is 0 Å². The lowest BCUT2D eigenvalue weighted by molar-refractivity contribution is 1.13. The Balaban J connectivity index is 1.87. The highest BCUT2D eigenvalue weighted by Crippen LogP contribution is 2.39. The molecule has 4 aromatic carbocycles. The van der Waals surface area contributed by atoms with Gasteiger partial charge in [0.2, 0.25) is 0 Å². The smallest absolute Gasteiger partial charge is 0.0608 e. The number of benzene rings is 4. The van der Waals surface area contributed by atoms with Gasteiger partial charge in [0.25, 0.3) is 0 Å². The largest absolute Gasteiger partial charge is 0.354 e. The van der Waals surface area contributed by atoms with Crippen molar-refractivity contribution in [1.82, 2.24) is 9.55 Å². The number of nitrogens with one attached hydrogen (secondary N) is 1. The summed E-state index contributed by atoms with van der Waals surface area (Å²) < 4.78 is 2.29. The second kappa shape index (κ2) is 4.18. The number of hydrogen-bond donors (Lipinski definition) is 1. The van der Waals surface area contributed by atoms with E-state index in [1.54, 1.807) is 0 Å². The average Bonchev–Trinajstić information content (AvgIpc) is 3.22. The molecule has 6 rings (SSSR count). The molecule has 0 radical (unpaired) electrons. The number of nitrogens with zero attached hydrogens (tertiary/aromatic N) is 1. The maximum Gasteiger partial charge on any atom is 0.0608 e. The summed E-state index contributed by atoms with van der Waals surface area (Å²) >= 11 is 0. The number of rotatable bonds is 1. The molecule has 24 heavy (non-hydrogen) atoms. The first-order chi connectivity index (χ1) is 11.9. The maximum absolute atomic E-state index is 3.59. The second-order valence-electron chi connectivity index (χ2n) is 6.40. The minimum Gasteiger partial charge on any atom is -0.354 e. The topological polar surface area (TPSA) is 20.7 Å². The zero-order valence-electron chi connectivity index (χ0n) is 13.0. The van der Waals surface area contributed by atoms with Gasteiger partial charge in [-0.1, -0.05) is 42.5 Å². The van der Waals surface area contributed by atoms with Gasteiger partial charge in [0.05, 0.1) is 5.52 Å². The molecule has 0 bridgehead atoms. The Hall–Kier alpha value is -3.26. The van der Waals surface area contributed by atoms with Crippen molar-refractivity contribution in [2.75, 3.05) is 0 Å². The maximum atomic E-state index is 3.59. The molecule has 2 aromatic heterocycles. The molecule has 0 spiro atoms. The van der Waals surface area contributed by atoms with Gasteiger partial charge in [-0.05, 0) is 35.7 Å². The molecule has 0 saturated heterocycles. The van der Waals surface area contributed by atoms with Gasteiger partial charge < -0.3 is 9.55 Å². The van der Waals surface area contributed by atoms with Crippen LogP contribution in [0.1, 0.15) is 0 Å². The van der Waals surface area contributed by atoms with E-state index in [1.165, 1.54) is 49.2 Å². The SMILES string of the molecule is c1ccc(-n2ccc3cc4[nH]c5cccc6ccc(c4c65)c32)cc1. The number of aromatic amines is 1. The Morgan fingerprint density at radius 3 is 2.50 bits per heavy atom. The van der Waals surface area contributed by atoms with Crippen LogP contribution in [0.2, 0.25) is 0 Å². The molecule has 2 nitrogen and oxygen atoms in total. The third-order valence-corrected chi connectivity index (χ3v) is 5.09. The summed E-state index contributed by atoms with van der Waals surface area (Å²) in [5.74, 6) is 0. The number of aromatic nitrogens is 2. The number of hydrogen-bond acceptors (Lipinski definition) is 0. The van der Waals surface area contributed by atoms with Gasteiger partial charge in [-0.3, -0.25) is 0 Å². The molecule has 112 valence electrons. The first-order valence-electron chi connectivity index (χ1n) is 8.22. The normalized spacial score (nSPS) is 12.2. The van der Waals surface area contributed by atoms with Crippen LogP contribution in [0.15, 0.2) is 79.0 Å². The lowest BCUT2D eigenvalue weighted by Crippen LogP contribution is -1.92. The van der Waals surface area contributed by atoms with Crippen LogP contribution in [0.25, 0.3) is 49.2 Å². The van der Waals surface area contributed by atoms with Crippen LogP contribution in [0.4, 0.5) is 0 Å². The highest BCUT2D eigenvalue weighted by molar-refractivity contribution is 6.28. The Morgan fingerprint density at radius 2 is 1.58 bits per heavy atom. The Morgan fingerprint density at radius 1 is 0.667 bits per heavy atom. The standard InChI is InChI=1S/C22H14N2/c1-2-6-16(7-3-1)24-12-11-15-13-19-21-17(22(15)24)10-9-14-5-4-8-18(23-19)20(14)21/h1-13,23H. The van der Waals surface area contributed by atoms with Gasteiger partial charge in [-0.25, -0.2) is 0 Å². The fourth-order valence-electron chi connectivity index (χ4n) is 4.08. The van der Waals surface area contributed by atoms with E-state index >= 15 is 0 Å². The van der Waals surface area contributed by atoms with Gasteiger partial charge >= 0.3 is 0 Å². The lowest BCUT2D eigenvalue weighted by Gasteiger charge is -2.09. The van der Waals surface area contributed by atoms with Crippen molar-refractivity contribution in [3.8, 4) is 5.69 Å². The molecule has 2 heteroatoms. The molecule has 0 aliphatic heterocycles. The third kappa shape index (κ3) is 1.41. The Bertz CT molecular complexity index is 1340. The van der Waals surface area contributed by atoms with E-state index in [0.29, 0.717) is 0 Å². The summed E-state index contributed by atoms with van der Waals surface area (Å²) in [5.41, 5.74) is 4.91. The minimum atomic E-state index is 1.20. The molecule has 1 N–H and O–H groups in total. The van der Waals surface area contributed by atoms with Crippen molar-refractivity contribution < 1.29 is 0 Å². The van der Waals surface area contributed by atoms with Crippen LogP contribution in [0, 0.1) is 0 Å². The van der Waals surface area contributed by atoms with Crippen molar-refractivity contribution in [2.24, 2.45) is 0 Å². The van der Waals surface area contributed by atoms with Gasteiger partial charge in [-0.2, -0.15) is 0 Å². The van der Waals surface area contributed by atoms with Gasteiger partial charge in [0.1, 0.15) is 0 Å². The summed E-state index contributed by atoms with van der Waals surface area (Å²) in [6.07, 6.45) is 2.17. The predicted molar refractivity (Wildman–Crippen MR) is 101 cm³/mol. The van der Waals surface area contributed by atoms with Crippen LogP contribution in [-0.2, 0) is 0 Å². The molecule has 0 aliphatic rings. The summed E-state index contributed by atoms with van der Waals surface area (Å²) in [5, 5.41) is 6.55. The molecule has 6 aromatic rings. The molecular formula is C22H14N2. The quantitative estimate of drug-likeness (QED) is 0.367. The van der Waals surface area contributed by atoms with Crippen LogP contribution >= 0.6 is 0 Å². The Labute approximate surface area is 138 Å². The van der Waals surface area contributed by atoms with Crippen molar-refractivity contribution in [2.45, 2.75) is 0 Å². The molecule has 0 fully saturated rings. The fourth-order valence-corrected chi connectivity index (χ4v) is 4.08. The lowest BCUT2D eigenvalue weighted by atomic mass is 10.0. The first-order valence-corrected chi connectivity index (χ1v) is 8.22. The van der Waals surface area contributed by atoms with Crippen LogP contribution in [-0.4, -0.2) is 9.55 Å². The van der Waals surface area contributed by atoms with E-state index in [-0.39, 0.29) is 0 Å². The number of para-hydroxylation sites is 1.